The summed E-state index contributed by atoms with van der Waals surface area (Å²) in [4.78, 5) is 37.5. The fourth-order valence-corrected chi connectivity index (χ4v) is 2.79. The molecular weight excluding hydrogens is 340 g/mol. The first-order chi connectivity index (χ1) is 12.5. The van der Waals surface area contributed by atoms with Crippen molar-refractivity contribution in [2.45, 2.75) is 26.9 Å². The number of hydrogen-bond acceptors (Lipinski definition) is 7. The number of rotatable bonds is 4. The van der Waals surface area contributed by atoms with Gasteiger partial charge in [-0.3, -0.25) is 4.79 Å². The Balaban J connectivity index is 2.09. The van der Waals surface area contributed by atoms with Crippen LogP contribution in [0.4, 0.5) is 0 Å². The van der Waals surface area contributed by atoms with Crippen LogP contribution in [0.3, 0.4) is 0 Å². The first-order valence-corrected chi connectivity index (χ1v) is 8.25. The molecule has 0 saturated carbocycles. The van der Waals surface area contributed by atoms with Gasteiger partial charge in [0.05, 0.1) is 24.4 Å². The van der Waals surface area contributed by atoms with Crippen LogP contribution in [0.2, 0.25) is 0 Å². The molecule has 0 amide bonds. The van der Waals surface area contributed by atoms with E-state index in [0.717, 1.165) is 11.8 Å². The Hall–Kier alpha value is -3.09. The molecule has 0 saturated heterocycles. The van der Waals surface area contributed by atoms with Crippen molar-refractivity contribution in [2.24, 2.45) is 0 Å². The normalized spacial score (nSPS) is 18.0. The number of benzene rings is 1. The molecule has 1 aromatic rings. The molecule has 0 N–H and O–H groups in total. The summed E-state index contributed by atoms with van der Waals surface area (Å²) in [6.45, 7) is 5.31. The second kappa shape index (κ2) is 7.03. The van der Waals surface area contributed by atoms with Gasteiger partial charge in [0, 0.05) is 0 Å². The summed E-state index contributed by atoms with van der Waals surface area (Å²) in [6, 6.07) is 5.14. The fraction of sp³-hybridized carbons (Fsp3) is 0.316. The van der Waals surface area contributed by atoms with E-state index in [1.165, 1.54) is 0 Å². The van der Waals surface area contributed by atoms with Gasteiger partial charge in [-0.05, 0) is 32.9 Å². The van der Waals surface area contributed by atoms with Crippen molar-refractivity contribution in [3.8, 4) is 5.75 Å². The number of carbonyl (C=O) groups excluding carboxylic acids is 3. The summed E-state index contributed by atoms with van der Waals surface area (Å²) in [6.07, 6.45) is 0.0395. The van der Waals surface area contributed by atoms with Gasteiger partial charge in [-0.15, -0.1) is 0 Å². The fourth-order valence-electron chi connectivity index (χ4n) is 2.79. The molecular formula is C19H18O7. The molecule has 1 unspecified atom stereocenters. The molecule has 0 bridgehead atoms. The van der Waals surface area contributed by atoms with Crippen LogP contribution in [-0.2, 0) is 23.8 Å². The van der Waals surface area contributed by atoms with Crippen LogP contribution in [0.25, 0.3) is 0 Å². The van der Waals surface area contributed by atoms with Gasteiger partial charge in [0.25, 0.3) is 0 Å². The Morgan fingerprint density at radius 2 is 1.81 bits per heavy atom. The van der Waals surface area contributed by atoms with Crippen LogP contribution >= 0.6 is 0 Å². The molecule has 0 aliphatic carbocycles. The van der Waals surface area contributed by atoms with E-state index in [2.05, 4.69) is 0 Å². The van der Waals surface area contributed by atoms with Crippen molar-refractivity contribution in [3.05, 3.63) is 52.5 Å². The number of fused-ring (bicyclic) bond motifs is 2. The van der Waals surface area contributed by atoms with Crippen molar-refractivity contribution in [1.29, 1.82) is 0 Å². The lowest BCUT2D eigenvalue weighted by Gasteiger charge is -2.31. The first kappa shape index (κ1) is 17.7. The zero-order chi connectivity index (χ0) is 18.8. The minimum Gasteiger partial charge on any atom is -0.479 e. The number of Topliss-reactive ketones (excluding diaryl/α,β-unsaturated/α-hetero) is 1. The van der Waals surface area contributed by atoms with Crippen LogP contribution < -0.4 is 4.74 Å². The molecule has 2 aliphatic rings. The maximum Gasteiger partial charge on any atom is 0.374 e. The third-order valence-corrected chi connectivity index (χ3v) is 3.94. The Bertz CT molecular complexity index is 847. The topological polar surface area (TPSA) is 88.1 Å². The maximum atomic E-state index is 12.8. The maximum absolute atomic E-state index is 12.8. The smallest absolute Gasteiger partial charge is 0.374 e. The van der Waals surface area contributed by atoms with E-state index >= 15 is 0 Å². The SMILES string of the molecule is CCOC(=O)C1=C(C(=O)OCC)C2Oc3ccc(C)cc3C(=O)C2=CO1. The number of carbonyl (C=O) groups is 3. The zero-order valence-electron chi connectivity index (χ0n) is 14.7. The Labute approximate surface area is 150 Å². The van der Waals surface area contributed by atoms with E-state index in [1.807, 2.05) is 6.92 Å². The highest BCUT2D eigenvalue weighted by Gasteiger charge is 2.44. The average molecular weight is 358 g/mol. The van der Waals surface area contributed by atoms with Gasteiger partial charge < -0.3 is 18.9 Å². The summed E-state index contributed by atoms with van der Waals surface area (Å²) in [5, 5.41) is 0. The van der Waals surface area contributed by atoms with Crippen molar-refractivity contribution >= 4 is 17.7 Å². The second-order valence-electron chi connectivity index (χ2n) is 5.70. The lowest BCUT2D eigenvalue weighted by Crippen LogP contribution is -2.39. The van der Waals surface area contributed by atoms with Crippen molar-refractivity contribution in [2.75, 3.05) is 13.2 Å². The molecule has 2 heterocycles. The molecule has 26 heavy (non-hydrogen) atoms. The third-order valence-electron chi connectivity index (χ3n) is 3.94. The third kappa shape index (κ3) is 2.96. The minimum absolute atomic E-state index is 0.0912. The number of ketones is 1. The van der Waals surface area contributed by atoms with E-state index in [4.69, 9.17) is 18.9 Å². The Morgan fingerprint density at radius 1 is 1.12 bits per heavy atom. The van der Waals surface area contributed by atoms with Gasteiger partial charge >= 0.3 is 11.9 Å². The van der Waals surface area contributed by atoms with Gasteiger partial charge in [-0.1, -0.05) is 11.6 Å². The van der Waals surface area contributed by atoms with E-state index in [9.17, 15) is 14.4 Å². The molecule has 7 nitrogen and oxygen atoms in total. The largest absolute Gasteiger partial charge is 0.479 e. The van der Waals surface area contributed by atoms with E-state index in [0.29, 0.717) is 11.3 Å². The number of aryl methyl sites for hydroxylation is 1. The number of ether oxygens (including phenoxy) is 4. The molecule has 0 radical (unpaired) electrons. The molecule has 1 aromatic carbocycles. The monoisotopic (exact) mass is 358 g/mol. The van der Waals surface area contributed by atoms with Crippen molar-refractivity contribution < 1.29 is 33.3 Å². The highest BCUT2D eigenvalue weighted by atomic mass is 16.6. The van der Waals surface area contributed by atoms with E-state index in [-0.39, 0.29) is 35.9 Å². The predicted molar refractivity (Wildman–Crippen MR) is 89.4 cm³/mol. The van der Waals surface area contributed by atoms with E-state index in [1.54, 1.807) is 32.0 Å². The van der Waals surface area contributed by atoms with Gasteiger partial charge in [-0.2, -0.15) is 0 Å². The van der Waals surface area contributed by atoms with Gasteiger partial charge in [-0.25, -0.2) is 9.59 Å². The lowest BCUT2D eigenvalue weighted by molar-refractivity contribution is -0.145. The molecule has 1 atom stereocenters. The number of esters is 2. The molecule has 0 aromatic heterocycles. The molecule has 0 fully saturated rings. The van der Waals surface area contributed by atoms with E-state index < -0.39 is 18.0 Å². The van der Waals surface area contributed by atoms with Crippen molar-refractivity contribution in [1.82, 2.24) is 0 Å². The minimum atomic E-state index is -1.09. The van der Waals surface area contributed by atoms with Gasteiger partial charge in [0.2, 0.25) is 5.76 Å². The lowest BCUT2D eigenvalue weighted by atomic mass is 9.89. The van der Waals surface area contributed by atoms with Crippen molar-refractivity contribution in [3.63, 3.8) is 0 Å². The van der Waals surface area contributed by atoms with Crippen LogP contribution in [-0.4, -0.2) is 37.0 Å². The summed E-state index contributed by atoms with van der Waals surface area (Å²) < 4.78 is 21.1. The summed E-state index contributed by atoms with van der Waals surface area (Å²) in [5.74, 6) is -1.95. The first-order valence-electron chi connectivity index (χ1n) is 8.25. The molecule has 0 spiro atoms. The quantitative estimate of drug-likeness (QED) is 0.763. The van der Waals surface area contributed by atoms with Crippen LogP contribution in [0, 0.1) is 6.92 Å². The Morgan fingerprint density at radius 3 is 2.50 bits per heavy atom. The number of hydrogen-bond donors (Lipinski definition) is 0. The predicted octanol–water partition coefficient (Wildman–Crippen LogP) is 2.23. The summed E-state index contributed by atoms with van der Waals surface area (Å²) in [5.41, 5.74) is 1.21. The summed E-state index contributed by atoms with van der Waals surface area (Å²) >= 11 is 0. The summed E-state index contributed by atoms with van der Waals surface area (Å²) in [7, 11) is 0. The standard InChI is InChI=1S/C19H18O7/c1-4-23-18(21)14-16-12(9-25-17(14)19(22)24-5-2)15(20)11-8-10(3)6-7-13(11)26-16/h6-9,16H,4-5H2,1-3H3. The highest BCUT2D eigenvalue weighted by molar-refractivity contribution is 6.15. The molecule has 3 rings (SSSR count). The highest BCUT2D eigenvalue weighted by Crippen LogP contribution is 2.38. The van der Waals surface area contributed by atoms with Gasteiger partial charge in [0.1, 0.15) is 17.6 Å². The van der Waals surface area contributed by atoms with Crippen LogP contribution in [0.5, 0.6) is 5.75 Å². The van der Waals surface area contributed by atoms with Crippen LogP contribution in [0.1, 0.15) is 29.8 Å². The Kier molecular flexibility index (Phi) is 4.79. The molecule has 2 aliphatic heterocycles. The van der Waals surface area contributed by atoms with Crippen LogP contribution in [0.15, 0.2) is 41.4 Å². The average Bonchev–Trinajstić information content (AvgIpc) is 2.62. The molecule has 136 valence electrons. The zero-order valence-corrected chi connectivity index (χ0v) is 14.7. The van der Waals surface area contributed by atoms with Gasteiger partial charge in [0.15, 0.2) is 11.9 Å². The molecule has 7 heteroatoms. The second-order valence-corrected chi connectivity index (χ2v) is 5.70.